The minimum absolute atomic E-state index is 0.0927. The first kappa shape index (κ1) is 17.7. The molecule has 1 atom stereocenters. The molecule has 1 aromatic rings. The first-order chi connectivity index (χ1) is 12.3. The van der Waals surface area contributed by atoms with Crippen molar-refractivity contribution in [2.45, 2.75) is 26.2 Å². The molecule has 0 bridgehead atoms. The SMILES string of the molecule is CCOC(=O)C1=C(N)Oc2ccccc2[C@]12C(=O)N(C)C(C)=C2C(C)=O. The van der Waals surface area contributed by atoms with Crippen LogP contribution in [0.15, 0.2) is 47.0 Å². The zero-order valence-corrected chi connectivity index (χ0v) is 15.1. The van der Waals surface area contributed by atoms with Gasteiger partial charge in [0.2, 0.25) is 11.8 Å². The van der Waals surface area contributed by atoms with Crippen molar-refractivity contribution in [3.8, 4) is 5.75 Å². The average molecular weight is 356 g/mol. The molecule has 0 saturated carbocycles. The van der Waals surface area contributed by atoms with Crippen molar-refractivity contribution < 1.29 is 23.9 Å². The van der Waals surface area contributed by atoms with Gasteiger partial charge in [-0.15, -0.1) is 0 Å². The average Bonchev–Trinajstić information content (AvgIpc) is 2.77. The van der Waals surface area contributed by atoms with Gasteiger partial charge in [-0.05, 0) is 26.8 Å². The molecule has 1 amide bonds. The molecule has 2 aliphatic rings. The van der Waals surface area contributed by atoms with Gasteiger partial charge in [0.1, 0.15) is 16.7 Å². The lowest BCUT2D eigenvalue weighted by molar-refractivity contribution is -0.142. The Balaban J connectivity index is 2.45. The van der Waals surface area contributed by atoms with Crippen LogP contribution in [0.25, 0.3) is 0 Å². The standard InChI is InChI=1S/C19H20N2O5/c1-5-25-17(23)15-16(20)26-13-9-7-6-8-12(13)19(15)14(11(3)22)10(2)21(4)18(19)24/h6-9H,5,20H2,1-4H3/t19-/m1/s1. The summed E-state index contributed by atoms with van der Waals surface area (Å²) in [4.78, 5) is 40.1. The molecule has 7 nitrogen and oxygen atoms in total. The Morgan fingerprint density at radius 2 is 1.92 bits per heavy atom. The molecule has 0 saturated heterocycles. The lowest BCUT2D eigenvalue weighted by atomic mass is 9.66. The number of allylic oxidation sites excluding steroid dienone is 1. The van der Waals surface area contributed by atoms with Gasteiger partial charge in [-0.2, -0.15) is 0 Å². The quantitative estimate of drug-likeness (QED) is 0.822. The number of hydrogen-bond acceptors (Lipinski definition) is 6. The van der Waals surface area contributed by atoms with Crippen LogP contribution in [0.5, 0.6) is 5.75 Å². The first-order valence-corrected chi connectivity index (χ1v) is 8.23. The highest BCUT2D eigenvalue weighted by molar-refractivity contribution is 6.18. The van der Waals surface area contributed by atoms with Crippen molar-refractivity contribution in [1.29, 1.82) is 0 Å². The zero-order valence-electron chi connectivity index (χ0n) is 15.1. The molecule has 0 unspecified atom stereocenters. The number of Topliss-reactive ketones (excluding diaryl/α,β-unsaturated/α-hetero) is 1. The highest BCUT2D eigenvalue weighted by Crippen LogP contribution is 2.53. The number of ether oxygens (including phenoxy) is 2. The molecular weight excluding hydrogens is 336 g/mol. The van der Waals surface area contributed by atoms with Crippen LogP contribution in [0.2, 0.25) is 0 Å². The fourth-order valence-corrected chi connectivity index (χ4v) is 3.76. The van der Waals surface area contributed by atoms with Crippen LogP contribution in [0.4, 0.5) is 0 Å². The molecule has 2 N–H and O–H groups in total. The highest BCUT2D eigenvalue weighted by Gasteiger charge is 2.62. The molecule has 26 heavy (non-hydrogen) atoms. The van der Waals surface area contributed by atoms with Crippen LogP contribution in [0, 0.1) is 0 Å². The predicted octanol–water partition coefficient (Wildman–Crippen LogP) is 1.39. The van der Waals surface area contributed by atoms with E-state index in [1.807, 2.05) is 0 Å². The zero-order chi connectivity index (χ0) is 19.2. The molecule has 3 rings (SSSR count). The number of fused-ring (bicyclic) bond motifs is 2. The maximum atomic E-state index is 13.4. The number of ketones is 1. The van der Waals surface area contributed by atoms with Gasteiger partial charge in [0.25, 0.3) is 0 Å². The number of carbonyl (C=O) groups is 3. The molecule has 0 aliphatic carbocycles. The van der Waals surface area contributed by atoms with Crippen molar-refractivity contribution in [2.24, 2.45) is 5.73 Å². The Kier molecular flexibility index (Phi) is 4.10. The highest BCUT2D eigenvalue weighted by atomic mass is 16.5. The number of amides is 1. The molecule has 0 radical (unpaired) electrons. The Morgan fingerprint density at radius 3 is 2.54 bits per heavy atom. The van der Waals surface area contributed by atoms with Crippen LogP contribution in [0.3, 0.4) is 0 Å². The second-order valence-electron chi connectivity index (χ2n) is 6.19. The maximum Gasteiger partial charge on any atom is 0.341 e. The van der Waals surface area contributed by atoms with Gasteiger partial charge >= 0.3 is 5.97 Å². The molecular formula is C19H20N2O5. The third-order valence-electron chi connectivity index (χ3n) is 4.83. The van der Waals surface area contributed by atoms with Crippen molar-refractivity contribution in [2.75, 3.05) is 13.7 Å². The summed E-state index contributed by atoms with van der Waals surface area (Å²) >= 11 is 0. The number of para-hydroxylation sites is 1. The number of esters is 1. The number of nitrogens with two attached hydrogens (primary N) is 1. The van der Waals surface area contributed by atoms with E-state index in [9.17, 15) is 14.4 Å². The van der Waals surface area contributed by atoms with E-state index < -0.39 is 17.3 Å². The number of nitrogens with zero attached hydrogens (tertiary/aromatic N) is 1. The smallest absolute Gasteiger partial charge is 0.341 e. The van der Waals surface area contributed by atoms with Gasteiger partial charge < -0.3 is 20.1 Å². The summed E-state index contributed by atoms with van der Waals surface area (Å²) in [6, 6.07) is 6.74. The number of likely N-dealkylation sites (N-methyl/N-ethyl adjacent to an activating group) is 1. The molecule has 1 aromatic carbocycles. The lowest BCUT2D eigenvalue weighted by Gasteiger charge is -2.36. The monoisotopic (exact) mass is 356 g/mol. The second kappa shape index (κ2) is 6.01. The van der Waals surface area contributed by atoms with Crippen molar-refractivity contribution in [3.63, 3.8) is 0 Å². The van der Waals surface area contributed by atoms with Crippen molar-refractivity contribution in [3.05, 3.63) is 52.6 Å². The number of hydrogen-bond donors (Lipinski definition) is 1. The van der Waals surface area contributed by atoms with Crippen LogP contribution in [-0.4, -0.2) is 36.2 Å². The summed E-state index contributed by atoms with van der Waals surface area (Å²) in [5.41, 5.74) is 5.29. The normalized spacial score (nSPS) is 21.8. The topological polar surface area (TPSA) is 98.9 Å². The predicted molar refractivity (Wildman–Crippen MR) is 92.7 cm³/mol. The van der Waals surface area contributed by atoms with E-state index >= 15 is 0 Å². The van der Waals surface area contributed by atoms with Gasteiger partial charge in [-0.3, -0.25) is 9.59 Å². The van der Waals surface area contributed by atoms with Crippen LogP contribution < -0.4 is 10.5 Å². The fraction of sp³-hybridized carbons (Fsp3) is 0.316. The van der Waals surface area contributed by atoms with Crippen molar-refractivity contribution >= 4 is 17.7 Å². The summed E-state index contributed by atoms with van der Waals surface area (Å²) in [5, 5.41) is 0. The van der Waals surface area contributed by atoms with Crippen LogP contribution in [-0.2, 0) is 24.5 Å². The summed E-state index contributed by atoms with van der Waals surface area (Å²) in [7, 11) is 1.56. The van der Waals surface area contributed by atoms with Gasteiger partial charge in [0.05, 0.1) is 6.61 Å². The molecule has 2 aliphatic heterocycles. The third kappa shape index (κ3) is 2.09. The number of benzene rings is 1. The second-order valence-corrected chi connectivity index (χ2v) is 6.19. The lowest BCUT2D eigenvalue weighted by Crippen LogP contribution is -2.48. The van der Waals surface area contributed by atoms with E-state index in [-0.39, 0.29) is 29.4 Å². The Bertz CT molecular complexity index is 899. The minimum atomic E-state index is -1.67. The summed E-state index contributed by atoms with van der Waals surface area (Å²) < 4.78 is 10.7. The maximum absolute atomic E-state index is 13.4. The van der Waals surface area contributed by atoms with E-state index in [1.165, 1.54) is 11.8 Å². The summed E-state index contributed by atoms with van der Waals surface area (Å²) in [5.74, 6) is -1.46. The fourth-order valence-electron chi connectivity index (χ4n) is 3.76. The minimum Gasteiger partial charge on any atom is -0.462 e. The molecule has 2 heterocycles. The van der Waals surface area contributed by atoms with Gasteiger partial charge in [-0.25, -0.2) is 4.79 Å². The number of carbonyl (C=O) groups excluding carboxylic acids is 3. The molecule has 0 aromatic heterocycles. The van der Waals surface area contributed by atoms with Gasteiger partial charge in [0.15, 0.2) is 5.78 Å². The van der Waals surface area contributed by atoms with Crippen LogP contribution in [0.1, 0.15) is 26.3 Å². The molecule has 136 valence electrons. The van der Waals surface area contributed by atoms with E-state index in [2.05, 4.69) is 0 Å². The molecule has 7 heteroatoms. The van der Waals surface area contributed by atoms with Gasteiger partial charge in [0, 0.05) is 23.9 Å². The van der Waals surface area contributed by atoms with E-state index in [0.29, 0.717) is 17.0 Å². The Hall–Kier alpha value is -3.09. The Labute approximate surface area is 151 Å². The third-order valence-corrected chi connectivity index (χ3v) is 4.83. The first-order valence-electron chi connectivity index (χ1n) is 8.23. The van der Waals surface area contributed by atoms with Crippen LogP contribution >= 0.6 is 0 Å². The molecule has 0 fully saturated rings. The Morgan fingerprint density at radius 1 is 1.27 bits per heavy atom. The van der Waals surface area contributed by atoms with E-state index in [4.69, 9.17) is 15.2 Å². The summed E-state index contributed by atoms with van der Waals surface area (Å²) in [6.07, 6.45) is 0. The number of rotatable bonds is 3. The van der Waals surface area contributed by atoms with Gasteiger partial charge in [-0.1, -0.05) is 18.2 Å². The van der Waals surface area contributed by atoms with Crippen molar-refractivity contribution in [1.82, 2.24) is 4.90 Å². The van der Waals surface area contributed by atoms with E-state index in [0.717, 1.165) is 0 Å². The summed E-state index contributed by atoms with van der Waals surface area (Å²) in [6.45, 7) is 4.77. The largest absolute Gasteiger partial charge is 0.462 e. The van der Waals surface area contributed by atoms with E-state index in [1.54, 1.807) is 45.2 Å². The molecule has 1 spiro atoms.